The van der Waals surface area contributed by atoms with Crippen LogP contribution in [-0.2, 0) is 6.54 Å². The molecule has 3 rings (SSSR count). The van der Waals surface area contributed by atoms with Gasteiger partial charge in [-0.05, 0) is 49.3 Å². The quantitative estimate of drug-likeness (QED) is 0.815. The van der Waals surface area contributed by atoms with Crippen LogP contribution in [0, 0.1) is 5.92 Å². The predicted octanol–water partition coefficient (Wildman–Crippen LogP) is 2.50. The van der Waals surface area contributed by atoms with E-state index < -0.39 is 0 Å². The van der Waals surface area contributed by atoms with Crippen molar-refractivity contribution >= 4 is 5.82 Å². The van der Waals surface area contributed by atoms with E-state index in [0.29, 0.717) is 0 Å². The number of hydrogen-bond acceptors (Lipinski definition) is 3. The second kappa shape index (κ2) is 4.65. The van der Waals surface area contributed by atoms with E-state index in [4.69, 9.17) is 0 Å². The number of nitrogens with zero attached hydrogens (tertiary/aromatic N) is 2. The molecule has 0 aromatic carbocycles. The molecule has 2 saturated carbocycles. The zero-order chi connectivity index (χ0) is 11.7. The van der Waals surface area contributed by atoms with E-state index in [-0.39, 0.29) is 0 Å². The van der Waals surface area contributed by atoms with E-state index >= 15 is 0 Å². The lowest BCUT2D eigenvalue weighted by molar-refractivity contribution is 0.244. The summed E-state index contributed by atoms with van der Waals surface area (Å²) in [6.45, 7) is 2.40. The summed E-state index contributed by atoms with van der Waals surface area (Å²) in [5.74, 6) is 1.96. The first kappa shape index (κ1) is 11.0. The third kappa shape index (κ3) is 2.97. The van der Waals surface area contributed by atoms with Gasteiger partial charge in [-0.3, -0.25) is 4.90 Å². The molecule has 0 amide bonds. The first-order valence-corrected chi connectivity index (χ1v) is 6.72. The van der Waals surface area contributed by atoms with Crippen LogP contribution < -0.4 is 5.32 Å². The molecule has 1 N–H and O–H groups in total. The highest BCUT2D eigenvalue weighted by molar-refractivity contribution is 5.36. The van der Waals surface area contributed by atoms with E-state index in [1.807, 2.05) is 13.2 Å². The molecule has 1 aromatic rings. The first-order chi connectivity index (χ1) is 8.35. The lowest BCUT2D eigenvalue weighted by Crippen LogP contribution is -2.27. The largest absolute Gasteiger partial charge is 0.373 e. The van der Waals surface area contributed by atoms with Crippen molar-refractivity contribution in [3.8, 4) is 0 Å². The molecule has 0 spiro atoms. The van der Waals surface area contributed by atoms with Crippen molar-refractivity contribution in [1.82, 2.24) is 9.88 Å². The van der Waals surface area contributed by atoms with Crippen molar-refractivity contribution in [2.75, 3.05) is 18.9 Å². The zero-order valence-electron chi connectivity index (χ0n) is 10.5. The average molecular weight is 231 g/mol. The molecule has 3 heteroatoms. The van der Waals surface area contributed by atoms with Gasteiger partial charge in [-0.1, -0.05) is 0 Å². The minimum Gasteiger partial charge on any atom is -0.373 e. The summed E-state index contributed by atoms with van der Waals surface area (Å²) in [6.07, 6.45) is 7.60. The summed E-state index contributed by atoms with van der Waals surface area (Å²) in [7, 11) is 1.93. The zero-order valence-corrected chi connectivity index (χ0v) is 10.5. The highest BCUT2D eigenvalue weighted by Crippen LogP contribution is 2.35. The summed E-state index contributed by atoms with van der Waals surface area (Å²) in [5.41, 5.74) is 1.39. The third-order valence-electron chi connectivity index (χ3n) is 3.72. The van der Waals surface area contributed by atoms with Gasteiger partial charge in [-0.2, -0.15) is 0 Å². The SMILES string of the molecule is CNc1cc(CN(CC2CC2)C2CC2)ccn1. The Morgan fingerprint density at radius 1 is 1.35 bits per heavy atom. The van der Waals surface area contributed by atoms with Crippen molar-refractivity contribution in [2.45, 2.75) is 38.3 Å². The van der Waals surface area contributed by atoms with Crippen LogP contribution in [-0.4, -0.2) is 29.5 Å². The molecule has 0 atom stereocenters. The normalized spacial score (nSPS) is 19.6. The van der Waals surface area contributed by atoms with Crippen LogP contribution in [0.15, 0.2) is 18.3 Å². The number of aromatic nitrogens is 1. The van der Waals surface area contributed by atoms with E-state index in [9.17, 15) is 0 Å². The van der Waals surface area contributed by atoms with E-state index in [0.717, 1.165) is 24.3 Å². The van der Waals surface area contributed by atoms with Gasteiger partial charge in [-0.15, -0.1) is 0 Å². The summed E-state index contributed by atoms with van der Waals surface area (Å²) in [6, 6.07) is 5.17. The maximum Gasteiger partial charge on any atom is 0.125 e. The lowest BCUT2D eigenvalue weighted by Gasteiger charge is -2.22. The fourth-order valence-electron chi connectivity index (χ4n) is 2.36. The maximum atomic E-state index is 4.27. The minimum absolute atomic E-state index is 0.863. The van der Waals surface area contributed by atoms with Gasteiger partial charge in [0.25, 0.3) is 0 Å². The van der Waals surface area contributed by atoms with Crippen molar-refractivity contribution < 1.29 is 0 Å². The highest BCUT2D eigenvalue weighted by Gasteiger charge is 2.33. The van der Waals surface area contributed by atoms with Crippen molar-refractivity contribution in [2.24, 2.45) is 5.92 Å². The number of rotatable bonds is 6. The number of pyridine rings is 1. The molecule has 0 unspecified atom stereocenters. The number of nitrogens with one attached hydrogen (secondary N) is 1. The Morgan fingerprint density at radius 3 is 2.82 bits per heavy atom. The van der Waals surface area contributed by atoms with Gasteiger partial charge >= 0.3 is 0 Å². The van der Waals surface area contributed by atoms with E-state index in [1.165, 1.54) is 37.8 Å². The van der Waals surface area contributed by atoms with Gasteiger partial charge in [-0.25, -0.2) is 4.98 Å². The predicted molar refractivity (Wildman–Crippen MR) is 69.9 cm³/mol. The molecule has 2 aliphatic carbocycles. The number of hydrogen-bond donors (Lipinski definition) is 1. The molecule has 17 heavy (non-hydrogen) atoms. The van der Waals surface area contributed by atoms with Gasteiger partial charge in [0.15, 0.2) is 0 Å². The Morgan fingerprint density at radius 2 is 2.18 bits per heavy atom. The molecular formula is C14H21N3. The molecule has 0 aliphatic heterocycles. The van der Waals surface area contributed by atoms with Crippen LogP contribution in [0.4, 0.5) is 5.82 Å². The third-order valence-corrected chi connectivity index (χ3v) is 3.72. The summed E-state index contributed by atoms with van der Waals surface area (Å²) >= 11 is 0. The molecular weight excluding hydrogens is 210 g/mol. The number of anilines is 1. The van der Waals surface area contributed by atoms with Gasteiger partial charge in [0, 0.05) is 32.4 Å². The van der Waals surface area contributed by atoms with Crippen LogP contribution >= 0.6 is 0 Å². The topological polar surface area (TPSA) is 28.2 Å². The van der Waals surface area contributed by atoms with Gasteiger partial charge in [0.1, 0.15) is 5.82 Å². The first-order valence-electron chi connectivity index (χ1n) is 6.72. The van der Waals surface area contributed by atoms with Crippen molar-refractivity contribution in [3.05, 3.63) is 23.9 Å². The summed E-state index contributed by atoms with van der Waals surface area (Å²) in [5, 5.41) is 3.11. The summed E-state index contributed by atoms with van der Waals surface area (Å²) < 4.78 is 0. The van der Waals surface area contributed by atoms with E-state index in [1.54, 1.807) is 0 Å². The highest BCUT2D eigenvalue weighted by atomic mass is 15.2. The molecule has 3 nitrogen and oxygen atoms in total. The Labute approximate surface area is 103 Å². The lowest BCUT2D eigenvalue weighted by atomic mass is 10.2. The molecule has 0 bridgehead atoms. The molecule has 0 radical (unpaired) electrons. The Kier molecular flexibility index (Phi) is 3.02. The Hall–Kier alpha value is -1.09. The fourth-order valence-corrected chi connectivity index (χ4v) is 2.36. The Balaban J connectivity index is 1.65. The van der Waals surface area contributed by atoms with Crippen LogP contribution in [0.2, 0.25) is 0 Å². The molecule has 1 heterocycles. The minimum atomic E-state index is 0.863. The average Bonchev–Trinajstić information content (AvgIpc) is 3.21. The Bertz CT molecular complexity index is 383. The van der Waals surface area contributed by atoms with Gasteiger partial charge in [0.2, 0.25) is 0 Å². The molecule has 2 fully saturated rings. The van der Waals surface area contributed by atoms with Crippen LogP contribution in [0.3, 0.4) is 0 Å². The van der Waals surface area contributed by atoms with E-state index in [2.05, 4.69) is 27.3 Å². The standard InChI is InChI=1S/C14H21N3/c1-15-14-8-12(6-7-16-14)10-17(13-4-5-13)9-11-2-3-11/h6-8,11,13H,2-5,9-10H2,1H3,(H,15,16). The van der Waals surface area contributed by atoms with Crippen molar-refractivity contribution in [1.29, 1.82) is 0 Å². The monoisotopic (exact) mass is 231 g/mol. The molecule has 2 aliphatic rings. The van der Waals surface area contributed by atoms with Gasteiger partial charge < -0.3 is 5.32 Å². The second-order valence-electron chi connectivity index (χ2n) is 5.40. The molecule has 0 saturated heterocycles. The fraction of sp³-hybridized carbons (Fsp3) is 0.643. The van der Waals surface area contributed by atoms with Crippen molar-refractivity contribution in [3.63, 3.8) is 0 Å². The molecule has 1 aromatic heterocycles. The molecule has 92 valence electrons. The maximum absolute atomic E-state index is 4.27. The summed E-state index contributed by atoms with van der Waals surface area (Å²) in [4.78, 5) is 6.94. The van der Waals surface area contributed by atoms with Crippen LogP contribution in [0.1, 0.15) is 31.2 Å². The van der Waals surface area contributed by atoms with Crippen LogP contribution in [0.25, 0.3) is 0 Å². The smallest absolute Gasteiger partial charge is 0.125 e. The van der Waals surface area contributed by atoms with Crippen LogP contribution in [0.5, 0.6) is 0 Å². The van der Waals surface area contributed by atoms with Gasteiger partial charge in [0.05, 0.1) is 0 Å². The second-order valence-corrected chi connectivity index (χ2v) is 5.40.